The number of hydrogen-bond donors (Lipinski definition) is 2. The highest BCUT2D eigenvalue weighted by Gasteiger charge is 2.56. The molecule has 0 spiro atoms. The van der Waals surface area contributed by atoms with Gasteiger partial charge in [0.2, 0.25) is 5.79 Å². The molecule has 0 aromatic heterocycles. The number of methoxy groups -OCH3 is 2. The fraction of sp³-hybridized carbons (Fsp3) is 0.783. The molecule has 334 valence electrons. The van der Waals surface area contributed by atoms with E-state index in [0.717, 1.165) is 18.4 Å². The number of carbonyl (C=O) groups excluding carboxylic acids is 4. The largest absolute Gasteiger partial charge is 0.456 e. The summed E-state index contributed by atoms with van der Waals surface area (Å²) in [5.41, 5.74) is 7.64. The lowest BCUT2D eigenvalue weighted by Crippen LogP contribution is -2.64. The molecule has 59 heavy (non-hydrogen) atoms. The monoisotopic (exact) mass is 833 g/mol. The predicted octanol–water partition coefficient (Wildman–Crippen LogP) is 6.36. The van der Waals surface area contributed by atoms with Crippen molar-refractivity contribution in [2.24, 2.45) is 35.3 Å². The number of carbonyl (C=O) groups is 4. The summed E-state index contributed by atoms with van der Waals surface area (Å²) in [7, 11) is 2.92. The molecule has 12 nitrogen and oxygen atoms in total. The lowest BCUT2D eigenvalue weighted by atomic mass is 9.81. The van der Waals surface area contributed by atoms with Crippen molar-refractivity contribution < 1.29 is 52.4 Å². The van der Waals surface area contributed by atoms with Crippen molar-refractivity contribution in [2.75, 3.05) is 20.8 Å². The number of hydrogen-bond acceptors (Lipinski definition) is 11. The van der Waals surface area contributed by atoms with E-state index < -0.39 is 77.8 Å². The Kier molecular flexibility index (Phi) is 18.1. The fourth-order valence-corrected chi connectivity index (χ4v) is 9.62. The third-order valence-electron chi connectivity index (χ3n) is 13.2. The number of rotatable bonds is 8. The maximum Gasteiger partial charge on any atom is 0.329 e. The Bertz CT molecular complexity index is 1530. The molecule has 13 heteroatoms. The molecule has 1 amide bonds. The summed E-state index contributed by atoms with van der Waals surface area (Å²) >= 11 is 0. The minimum absolute atomic E-state index is 0.0174. The van der Waals surface area contributed by atoms with E-state index in [9.17, 15) is 24.3 Å². The van der Waals surface area contributed by atoms with Gasteiger partial charge in [-0.15, -0.1) is 6.58 Å². The van der Waals surface area contributed by atoms with Gasteiger partial charge in [-0.1, -0.05) is 39.0 Å². The molecule has 3 fully saturated rings. The standard InChI is InChI=1S/C46H73FN2O10/c1-11-14-33-22-28(5)40(47)29(6)23-38(55-9)42-39(56-10)24-31(8)46(54,59-42)43(51)44(52)49-20-13-12-15-35(49)45(53)58-41(27(4)16-19-36(33)50)30(7)21-32-17-18-34(48)37(25-32)57-26(2)3/h11,21-22,26-27,29,31-35,37-42,54H,1,12-20,23-25,48H2,2-10H3. The molecule has 14 atom stereocenters. The third kappa shape index (κ3) is 12.0. The fourth-order valence-electron chi connectivity index (χ4n) is 9.62. The molecule has 3 heterocycles. The van der Waals surface area contributed by atoms with Crippen LogP contribution in [0.3, 0.4) is 0 Å². The summed E-state index contributed by atoms with van der Waals surface area (Å²) in [4.78, 5) is 58.0. The third-order valence-corrected chi connectivity index (χ3v) is 13.2. The molecule has 3 aliphatic heterocycles. The van der Waals surface area contributed by atoms with Crippen LogP contribution in [0.25, 0.3) is 0 Å². The first-order valence-corrected chi connectivity index (χ1v) is 21.9. The first-order chi connectivity index (χ1) is 27.9. The van der Waals surface area contributed by atoms with E-state index in [0.29, 0.717) is 37.7 Å². The lowest BCUT2D eigenvalue weighted by molar-refractivity contribution is -0.302. The average molecular weight is 833 g/mol. The second-order valence-corrected chi connectivity index (χ2v) is 18.2. The number of piperidine rings is 1. The van der Waals surface area contributed by atoms with Crippen LogP contribution in [0.2, 0.25) is 0 Å². The van der Waals surface area contributed by atoms with Crippen LogP contribution < -0.4 is 5.73 Å². The van der Waals surface area contributed by atoms with E-state index in [1.54, 1.807) is 32.9 Å². The summed E-state index contributed by atoms with van der Waals surface area (Å²) in [6.45, 7) is 16.8. The van der Waals surface area contributed by atoms with E-state index in [-0.39, 0.29) is 68.1 Å². The van der Waals surface area contributed by atoms with E-state index in [1.165, 1.54) is 19.1 Å². The van der Waals surface area contributed by atoms with Crippen molar-refractivity contribution in [2.45, 2.75) is 180 Å². The van der Waals surface area contributed by atoms with Crippen LogP contribution >= 0.6 is 0 Å². The summed E-state index contributed by atoms with van der Waals surface area (Å²) in [5.74, 6) is -7.86. The highest BCUT2D eigenvalue weighted by atomic mass is 19.1. The molecule has 0 aromatic carbocycles. The quantitative estimate of drug-likeness (QED) is 0.159. The second kappa shape index (κ2) is 21.8. The molecule has 2 saturated heterocycles. The summed E-state index contributed by atoms with van der Waals surface area (Å²) in [6, 6.07) is -1.17. The minimum atomic E-state index is -2.57. The van der Waals surface area contributed by atoms with E-state index in [2.05, 4.69) is 12.7 Å². The maximum absolute atomic E-state index is 16.3. The van der Waals surface area contributed by atoms with Crippen molar-refractivity contribution in [1.29, 1.82) is 0 Å². The highest BCUT2D eigenvalue weighted by Crippen LogP contribution is 2.39. The molecule has 0 aromatic rings. The second-order valence-electron chi connectivity index (χ2n) is 18.2. The van der Waals surface area contributed by atoms with Crippen molar-refractivity contribution in [1.82, 2.24) is 4.90 Å². The summed E-state index contributed by atoms with van der Waals surface area (Å²) < 4.78 is 46.6. The zero-order valence-electron chi connectivity index (χ0n) is 37.0. The van der Waals surface area contributed by atoms with Gasteiger partial charge in [0.1, 0.15) is 30.2 Å². The molecular weight excluding hydrogens is 760 g/mol. The van der Waals surface area contributed by atoms with Gasteiger partial charge in [-0.25, -0.2) is 9.18 Å². The Hall–Kier alpha value is -2.81. The Morgan fingerprint density at radius 2 is 1.69 bits per heavy atom. The van der Waals surface area contributed by atoms with E-state index in [4.69, 9.17) is 29.4 Å². The zero-order chi connectivity index (χ0) is 43.8. The summed E-state index contributed by atoms with van der Waals surface area (Å²) in [6.07, 6.45) is 5.48. The number of alkyl halides is 1. The Morgan fingerprint density at radius 3 is 2.34 bits per heavy atom. The number of ketones is 2. The normalized spacial score (nSPS) is 39.2. The Balaban J connectivity index is 1.77. The van der Waals surface area contributed by atoms with Crippen LogP contribution in [0.5, 0.6) is 0 Å². The number of allylic oxidation sites excluding steroid dienone is 4. The average Bonchev–Trinajstić information content (AvgIpc) is 3.21. The summed E-state index contributed by atoms with van der Waals surface area (Å²) in [5, 5.41) is 12.0. The molecule has 4 rings (SSSR count). The van der Waals surface area contributed by atoms with Crippen LogP contribution in [-0.2, 0) is 42.9 Å². The number of nitrogens with two attached hydrogens (primary N) is 1. The molecule has 1 aliphatic carbocycles. The molecule has 1 saturated carbocycles. The van der Waals surface area contributed by atoms with Crippen LogP contribution in [0.4, 0.5) is 4.39 Å². The molecule has 4 aliphatic rings. The topological polar surface area (TPSA) is 164 Å². The zero-order valence-corrected chi connectivity index (χ0v) is 37.0. The van der Waals surface area contributed by atoms with E-state index >= 15 is 4.39 Å². The SMILES string of the molecule is C=CCC1C=C(C)C(F)C(C)CC(OC)C2OC(O)(C(=O)C(=O)N3CCCCC3C(=O)OC(C(C)=CC3CCC(N)C(OC(C)C)C3)C(C)CCC1=O)C(C)CC2OC. The van der Waals surface area contributed by atoms with Gasteiger partial charge in [0.25, 0.3) is 11.7 Å². The number of amides is 1. The van der Waals surface area contributed by atoms with Gasteiger partial charge < -0.3 is 39.4 Å². The van der Waals surface area contributed by atoms with Gasteiger partial charge >= 0.3 is 5.97 Å². The first kappa shape index (κ1) is 48.9. The highest BCUT2D eigenvalue weighted by molar-refractivity contribution is 6.39. The maximum atomic E-state index is 16.3. The van der Waals surface area contributed by atoms with Crippen LogP contribution in [0, 0.1) is 29.6 Å². The molecular formula is C46H73FN2O10. The van der Waals surface area contributed by atoms with Crippen LogP contribution in [-0.4, -0.2) is 115 Å². The Labute approximate surface area is 351 Å². The van der Waals surface area contributed by atoms with Crippen LogP contribution in [0.15, 0.2) is 36.0 Å². The molecule has 14 unspecified atom stereocenters. The first-order valence-electron chi connectivity index (χ1n) is 21.9. The van der Waals surface area contributed by atoms with Crippen molar-refractivity contribution >= 4 is 23.4 Å². The van der Waals surface area contributed by atoms with Gasteiger partial charge in [-0.3, -0.25) is 14.4 Å². The van der Waals surface area contributed by atoms with Crippen LogP contribution in [0.1, 0.15) is 119 Å². The Morgan fingerprint density at radius 1 is 1.02 bits per heavy atom. The number of Topliss-reactive ketones (excluding diaryl/α,β-unsaturated/α-hetero) is 2. The number of esters is 1. The van der Waals surface area contributed by atoms with Gasteiger partial charge in [-0.2, -0.15) is 0 Å². The number of ether oxygens (including phenoxy) is 5. The number of cyclic esters (lactones) is 1. The number of aliphatic hydroxyl groups is 1. The van der Waals surface area contributed by atoms with Gasteiger partial charge in [-0.05, 0) is 121 Å². The molecule has 0 radical (unpaired) electrons. The molecule has 2 bridgehead atoms. The van der Waals surface area contributed by atoms with Gasteiger partial charge in [0, 0.05) is 45.1 Å². The van der Waals surface area contributed by atoms with Crippen molar-refractivity contribution in [3.8, 4) is 0 Å². The number of fused-ring (bicyclic) bond motifs is 3. The van der Waals surface area contributed by atoms with E-state index in [1.807, 2.05) is 27.7 Å². The minimum Gasteiger partial charge on any atom is -0.456 e. The number of halogens is 1. The van der Waals surface area contributed by atoms with Crippen molar-refractivity contribution in [3.63, 3.8) is 0 Å². The van der Waals surface area contributed by atoms with Gasteiger partial charge in [0.05, 0.1) is 24.4 Å². The number of nitrogens with zero attached hydrogens (tertiary/aromatic N) is 1. The molecule has 3 N–H and O–H groups in total. The van der Waals surface area contributed by atoms with Crippen molar-refractivity contribution in [3.05, 3.63) is 36.0 Å². The lowest BCUT2D eigenvalue weighted by Gasteiger charge is -2.47. The smallest absolute Gasteiger partial charge is 0.329 e. The van der Waals surface area contributed by atoms with Gasteiger partial charge in [0.15, 0.2) is 0 Å². The predicted molar refractivity (Wildman–Crippen MR) is 223 cm³/mol.